The molecule has 0 saturated carbocycles. The lowest BCUT2D eigenvalue weighted by molar-refractivity contribution is -0.384. The molecule has 0 N–H and O–H groups in total. The molecule has 1 aliphatic rings. The number of nitrogens with zero attached hydrogens (tertiary/aromatic N) is 3. The number of likely N-dealkylation sites (N-methyl/N-ethyl adjacent to an activating group) is 1. The zero-order valence-electron chi connectivity index (χ0n) is 17.1. The Balaban J connectivity index is 1.81. The first-order valence-electron chi connectivity index (χ1n) is 9.75. The lowest BCUT2D eigenvalue weighted by Crippen LogP contribution is -2.34. The molecule has 3 aromatic rings. The Labute approximate surface area is 189 Å². The van der Waals surface area contributed by atoms with Crippen LogP contribution in [0.1, 0.15) is 11.1 Å². The number of nitro groups is 1. The van der Waals surface area contributed by atoms with Gasteiger partial charge in [0, 0.05) is 30.7 Å². The first kappa shape index (κ1) is 21.3. The van der Waals surface area contributed by atoms with Crippen molar-refractivity contribution in [3.63, 3.8) is 0 Å². The van der Waals surface area contributed by atoms with Crippen LogP contribution in [0.3, 0.4) is 0 Å². The van der Waals surface area contributed by atoms with Crippen molar-refractivity contribution in [3.8, 4) is 0 Å². The van der Waals surface area contributed by atoms with Gasteiger partial charge in [-0.15, -0.1) is 0 Å². The summed E-state index contributed by atoms with van der Waals surface area (Å²) in [4.78, 5) is 40.3. The average molecular weight is 448 g/mol. The first-order chi connectivity index (χ1) is 15.4. The van der Waals surface area contributed by atoms with Crippen LogP contribution in [0.4, 0.5) is 11.4 Å². The highest BCUT2D eigenvalue weighted by atomic mass is 35.5. The Hall–Kier alpha value is -3.97. The predicted octanol–water partition coefficient (Wildman–Crippen LogP) is 4.66. The SMILES string of the molecule is CN(Cc1ccccc1)C1=C(c2ccc([N+](=O)[O-])cc2)C(=O)N(c2cccc(Cl)c2)C1=O. The van der Waals surface area contributed by atoms with Gasteiger partial charge in [-0.05, 0) is 41.5 Å². The van der Waals surface area contributed by atoms with Crippen molar-refractivity contribution in [1.29, 1.82) is 0 Å². The second kappa shape index (κ2) is 8.64. The number of amides is 2. The van der Waals surface area contributed by atoms with Crippen LogP contribution in [0.15, 0.2) is 84.6 Å². The molecule has 0 saturated heterocycles. The number of hydrogen-bond acceptors (Lipinski definition) is 5. The number of rotatable bonds is 6. The highest BCUT2D eigenvalue weighted by Crippen LogP contribution is 2.36. The number of non-ortho nitro benzene ring substituents is 1. The fraction of sp³-hybridized carbons (Fsp3) is 0.0833. The number of carbonyl (C=O) groups is 2. The van der Waals surface area contributed by atoms with Gasteiger partial charge in [0.2, 0.25) is 0 Å². The van der Waals surface area contributed by atoms with Crippen molar-refractivity contribution in [2.24, 2.45) is 0 Å². The maximum absolute atomic E-state index is 13.5. The lowest BCUT2D eigenvalue weighted by Gasteiger charge is -2.21. The summed E-state index contributed by atoms with van der Waals surface area (Å²) in [6, 6.07) is 21.6. The van der Waals surface area contributed by atoms with E-state index < -0.39 is 16.7 Å². The maximum atomic E-state index is 13.5. The Kier molecular flexibility index (Phi) is 5.75. The Morgan fingerprint density at radius 2 is 1.62 bits per heavy atom. The minimum Gasteiger partial charge on any atom is -0.365 e. The van der Waals surface area contributed by atoms with Crippen LogP contribution in [-0.2, 0) is 16.1 Å². The number of carbonyl (C=O) groups excluding carboxylic acids is 2. The Bertz CT molecular complexity index is 1240. The largest absolute Gasteiger partial charge is 0.365 e. The number of imide groups is 1. The summed E-state index contributed by atoms with van der Waals surface area (Å²) in [6.07, 6.45) is 0. The van der Waals surface area contributed by atoms with E-state index in [1.165, 1.54) is 24.3 Å². The second-order valence-electron chi connectivity index (χ2n) is 7.29. The van der Waals surface area contributed by atoms with E-state index in [0.717, 1.165) is 10.5 Å². The van der Waals surface area contributed by atoms with E-state index in [-0.39, 0.29) is 17.0 Å². The highest BCUT2D eigenvalue weighted by molar-refractivity contribution is 6.45. The molecular formula is C24H18ClN3O4. The fourth-order valence-electron chi connectivity index (χ4n) is 3.67. The molecule has 1 aliphatic heterocycles. The first-order valence-corrected chi connectivity index (χ1v) is 10.1. The monoisotopic (exact) mass is 447 g/mol. The van der Waals surface area contributed by atoms with Gasteiger partial charge in [-0.25, -0.2) is 4.90 Å². The summed E-state index contributed by atoms with van der Waals surface area (Å²) < 4.78 is 0. The van der Waals surface area contributed by atoms with Crippen molar-refractivity contribution in [3.05, 3.63) is 111 Å². The van der Waals surface area contributed by atoms with Gasteiger partial charge in [-0.2, -0.15) is 0 Å². The summed E-state index contributed by atoms with van der Waals surface area (Å²) in [5, 5.41) is 11.4. The second-order valence-corrected chi connectivity index (χ2v) is 7.73. The minimum absolute atomic E-state index is 0.1000. The van der Waals surface area contributed by atoms with Crippen LogP contribution < -0.4 is 4.90 Å². The Morgan fingerprint density at radius 3 is 2.25 bits per heavy atom. The van der Waals surface area contributed by atoms with E-state index in [1.807, 2.05) is 30.3 Å². The predicted molar refractivity (Wildman–Crippen MR) is 122 cm³/mol. The standard InChI is InChI=1S/C24H18ClN3O4/c1-26(15-16-6-3-2-4-7-16)22-21(17-10-12-19(13-11-17)28(31)32)23(29)27(24(22)30)20-9-5-8-18(25)14-20/h2-14H,15H2,1H3. The van der Waals surface area contributed by atoms with Gasteiger partial charge in [0.15, 0.2) is 0 Å². The summed E-state index contributed by atoms with van der Waals surface area (Å²) in [5.74, 6) is -0.995. The fourth-order valence-corrected chi connectivity index (χ4v) is 3.85. The molecule has 32 heavy (non-hydrogen) atoms. The third-order valence-corrected chi connectivity index (χ3v) is 5.37. The van der Waals surface area contributed by atoms with E-state index in [0.29, 0.717) is 22.8 Å². The van der Waals surface area contributed by atoms with Crippen LogP contribution in [0.5, 0.6) is 0 Å². The summed E-state index contributed by atoms with van der Waals surface area (Å²) >= 11 is 6.09. The molecule has 0 aromatic heterocycles. The van der Waals surface area contributed by atoms with E-state index in [1.54, 1.807) is 36.2 Å². The summed E-state index contributed by atoms with van der Waals surface area (Å²) in [5.41, 5.74) is 2.04. The number of nitro benzene ring substituents is 1. The number of halogens is 1. The highest BCUT2D eigenvalue weighted by Gasteiger charge is 2.41. The van der Waals surface area contributed by atoms with Gasteiger partial charge < -0.3 is 4.90 Å². The molecule has 7 nitrogen and oxygen atoms in total. The van der Waals surface area contributed by atoms with Crippen LogP contribution >= 0.6 is 11.6 Å². The van der Waals surface area contributed by atoms with E-state index >= 15 is 0 Å². The van der Waals surface area contributed by atoms with Gasteiger partial charge in [-0.1, -0.05) is 48.0 Å². The van der Waals surface area contributed by atoms with Gasteiger partial charge in [-0.3, -0.25) is 19.7 Å². The normalized spacial score (nSPS) is 13.6. The molecule has 1 heterocycles. The van der Waals surface area contributed by atoms with Gasteiger partial charge >= 0.3 is 0 Å². The number of benzene rings is 3. The molecular weight excluding hydrogens is 430 g/mol. The molecule has 0 bridgehead atoms. The molecule has 0 atom stereocenters. The van der Waals surface area contributed by atoms with Crippen molar-refractivity contribution in [1.82, 2.24) is 4.90 Å². The molecule has 4 rings (SSSR count). The summed E-state index contributed by atoms with van der Waals surface area (Å²) in [7, 11) is 1.74. The number of anilines is 1. The zero-order valence-corrected chi connectivity index (χ0v) is 17.8. The van der Waals surface area contributed by atoms with Gasteiger partial charge in [0.05, 0.1) is 16.2 Å². The van der Waals surface area contributed by atoms with Crippen LogP contribution in [0.2, 0.25) is 5.02 Å². The molecule has 160 valence electrons. The van der Waals surface area contributed by atoms with Crippen LogP contribution in [0.25, 0.3) is 5.57 Å². The van der Waals surface area contributed by atoms with E-state index in [4.69, 9.17) is 11.6 Å². The van der Waals surface area contributed by atoms with Crippen LogP contribution in [0, 0.1) is 10.1 Å². The molecule has 3 aromatic carbocycles. The molecule has 0 unspecified atom stereocenters. The molecule has 8 heteroatoms. The van der Waals surface area contributed by atoms with Crippen molar-refractivity contribution in [2.45, 2.75) is 6.54 Å². The van der Waals surface area contributed by atoms with Gasteiger partial charge in [0.1, 0.15) is 5.70 Å². The smallest absolute Gasteiger partial charge is 0.282 e. The van der Waals surface area contributed by atoms with Crippen LogP contribution in [-0.4, -0.2) is 28.7 Å². The van der Waals surface area contributed by atoms with Crippen molar-refractivity contribution < 1.29 is 14.5 Å². The van der Waals surface area contributed by atoms with Crippen molar-refractivity contribution >= 4 is 40.4 Å². The quantitative estimate of drug-likeness (QED) is 0.311. The minimum atomic E-state index is -0.513. The van der Waals surface area contributed by atoms with Gasteiger partial charge in [0.25, 0.3) is 17.5 Å². The molecule has 2 amide bonds. The lowest BCUT2D eigenvalue weighted by atomic mass is 10.0. The van der Waals surface area contributed by atoms with E-state index in [9.17, 15) is 19.7 Å². The third-order valence-electron chi connectivity index (χ3n) is 5.14. The average Bonchev–Trinajstić information content (AvgIpc) is 3.04. The molecule has 0 spiro atoms. The molecule has 0 radical (unpaired) electrons. The maximum Gasteiger partial charge on any atom is 0.282 e. The number of hydrogen-bond donors (Lipinski definition) is 0. The zero-order chi connectivity index (χ0) is 22.8. The van der Waals surface area contributed by atoms with Crippen molar-refractivity contribution in [2.75, 3.05) is 11.9 Å². The molecule has 0 aliphatic carbocycles. The topological polar surface area (TPSA) is 83.8 Å². The molecule has 0 fully saturated rings. The van der Waals surface area contributed by atoms with E-state index in [2.05, 4.69) is 0 Å². The summed E-state index contributed by atoms with van der Waals surface area (Å²) in [6.45, 7) is 0.398. The Morgan fingerprint density at radius 1 is 0.938 bits per heavy atom. The third kappa shape index (κ3) is 3.98.